The Balaban J connectivity index is 0.000000325. The van der Waals surface area contributed by atoms with Crippen molar-refractivity contribution in [3.05, 3.63) is 54.1 Å². The number of ether oxygens (including phenoxy) is 1. The van der Waals surface area contributed by atoms with E-state index >= 15 is 0 Å². The molecule has 1 fully saturated rings. The lowest BCUT2D eigenvalue weighted by atomic mass is 10.1. The number of aliphatic hydroxyl groups excluding tert-OH is 1. The SMILES string of the molecule is N[C@@H](CCC(=O)O)C(=O)O.OCCOCCN1CCN(C2=Nc3ccccc3Sc3ccccc32)CC1. The summed E-state index contributed by atoms with van der Waals surface area (Å²) in [4.78, 5) is 32.2. The maximum atomic E-state index is 9.99. The molecule has 0 saturated carbocycles. The lowest BCUT2D eigenvalue weighted by Gasteiger charge is -2.36. The number of aliphatic carboxylic acids is 2. The normalized spacial score (nSPS) is 15.8. The number of hydrogen-bond acceptors (Lipinski definition) is 9. The van der Waals surface area contributed by atoms with Gasteiger partial charge in [-0.15, -0.1) is 0 Å². The molecule has 10 nitrogen and oxygen atoms in total. The molecule has 2 aliphatic rings. The Labute approximate surface area is 220 Å². The lowest BCUT2D eigenvalue weighted by molar-refractivity contribution is -0.139. The van der Waals surface area contributed by atoms with Gasteiger partial charge in [0.25, 0.3) is 0 Å². The molecule has 2 aromatic rings. The molecule has 1 saturated heterocycles. The van der Waals surface area contributed by atoms with E-state index in [0.29, 0.717) is 13.2 Å². The first-order valence-corrected chi connectivity index (χ1v) is 13.0. The molecule has 0 bridgehead atoms. The summed E-state index contributed by atoms with van der Waals surface area (Å²) in [5.74, 6) is -1.11. The highest BCUT2D eigenvalue weighted by Gasteiger charge is 2.25. The summed E-state index contributed by atoms with van der Waals surface area (Å²) in [7, 11) is 0. The summed E-state index contributed by atoms with van der Waals surface area (Å²) < 4.78 is 5.40. The van der Waals surface area contributed by atoms with Gasteiger partial charge >= 0.3 is 11.9 Å². The monoisotopic (exact) mass is 530 g/mol. The van der Waals surface area contributed by atoms with Crippen molar-refractivity contribution in [2.45, 2.75) is 28.7 Å². The van der Waals surface area contributed by atoms with Gasteiger partial charge in [0.15, 0.2) is 0 Å². The van der Waals surface area contributed by atoms with E-state index in [1.54, 1.807) is 11.8 Å². The van der Waals surface area contributed by atoms with E-state index in [-0.39, 0.29) is 19.4 Å². The number of amidine groups is 1. The molecule has 2 aliphatic heterocycles. The molecule has 37 heavy (non-hydrogen) atoms. The Morgan fingerprint density at radius 1 is 1.00 bits per heavy atom. The number of aliphatic hydroxyl groups is 1. The van der Waals surface area contributed by atoms with Crippen LogP contribution in [0.25, 0.3) is 0 Å². The molecule has 4 rings (SSSR count). The van der Waals surface area contributed by atoms with E-state index in [0.717, 1.165) is 44.2 Å². The number of para-hydroxylation sites is 1. The van der Waals surface area contributed by atoms with Gasteiger partial charge in [-0.3, -0.25) is 14.5 Å². The van der Waals surface area contributed by atoms with Crippen molar-refractivity contribution >= 4 is 35.2 Å². The third kappa shape index (κ3) is 8.83. The maximum Gasteiger partial charge on any atom is 0.320 e. The number of aliphatic imine (C=N–C) groups is 1. The fourth-order valence-corrected chi connectivity index (χ4v) is 4.87. The predicted octanol–water partition coefficient (Wildman–Crippen LogP) is 2.12. The van der Waals surface area contributed by atoms with E-state index in [1.807, 2.05) is 0 Å². The standard InChI is InChI=1S/C21H25N3O2S.C5H9NO4/c25-14-16-26-15-13-23-9-11-24(12-10-23)21-17-5-1-3-7-19(17)27-20-8-4-2-6-18(20)22-21;6-3(5(9)10)1-2-4(7)8/h1-8,25H,9-16H2;3H,1-2,6H2,(H,7,8)(H,9,10)/t;3-/m.0/s1. The van der Waals surface area contributed by atoms with Crippen LogP contribution in [-0.2, 0) is 14.3 Å². The lowest BCUT2D eigenvalue weighted by Crippen LogP contribution is -2.49. The highest BCUT2D eigenvalue weighted by atomic mass is 32.2. The van der Waals surface area contributed by atoms with E-state index in [1.165, 1.54) is 15.4 Å². The van der Waals surface area contributed by atoms with E-state index in [9.17, 15) is 9.59 Å². The number of carboxylic acid groups (broad SMARTS) is 2. The van der Waals surface area contributed by atoms with Crippen molar-refractivity contribution in [1.82, 2.24) is 9.80 Å². The zero-order valence-corrected chi connectivity index (χ0v) is 21.5. The van der Waals surface area contributed by atoms with Crippen molar-refractivity contribution < 1.29 is 29.6 Å². The van der Waals surface area contributed by atoms with Gasteiger partial charge in [0, 0.05) is 54.5 Å². The number of benzene rings is 2. The minimum absolute atomic E-state index is 0.0231. The summed E-state index contributed by atoms with van der Waals surface area (Å²) in [6, 6.07) is 15.9. The van der Waals surface area contributed by atoms with Gasteiger partial charge in [0.2, 0.25) is 0 Å². The Morgan fingerprint density at radius 2 is 1.68 bits per heavy atom. The second-order valence-corrected chi connectivity index (χ2v) is 9.63. The fourth-order valence-electron chi connectivity index (χ4n) is 3.86. The minimum atomic E-state index is -1.17. The van der Waals surface area contributed by atoms with Gasteiger partial charge < -0.3 is 30.7 Å². The summed E-state index contributed by atoms with van der Waals surface area (Å²) >= 11 is 1.80. The van der Waals surface area contributed by atoms with Gasteiger partial charge in [-0.25, -0.2) is 4.99 Å². The highest BCUT2D eigenvalue weighted by molar-refractivity contribution is 7.99. The van der Waals surface area contributed by atoms with Crippen molar-refractivity contribution in [2.75, 3.05) is 52.5 Å². The Kier molecular flexibility index (Phi) is 11.4. The average Bonchev–Trinajstić information content (AvgIpc) is 3.07. The van der Waals surface area contributed by atoms with Crippen molar-refractivity contribution in [1.29, 1.82) is 0 Å². The van der Waals surface area contributed by atoms with Crippen LogP contribution in [-0.4, -0.2) is 101 Å². The number of carbonyl (C=O) groups is 2. The molecule has 11 heteroatoms. The molecule has 0 spiro atoms. The van der Waals surface area contributed by atoms with Crippen molar-refractivity contribution in [3.63, 3.8) is 0 Å². The molecular formula is C26H34N4O6S. The largest absolute Gasteiger partial charge is 0.481 e. The van der Waals surface area contributed by atoms with Gasteiger partial charge in [-0.2, -0.15) is 0 Å². The molecule has 200 valence electrons. The number of carboxylic acids is 2. The average molecular weight is 531 g/mol. The molecule has 0 radical (unpaired) electrons. The number of piperazine rings is 1. The minimum Gasteiger partial charge on any atom is -0.481 e. The first-order chi connectivity index (χ1) is 17.9. The van der Waals surface area contributed by atoms with Crippen LogP contribution in [0.4, 0.5) is 5.69 Å². The molecular weight excluding hydrogens is 496 g/mol. The zero-order valence-electron chi connectivity index (χ0n) is 20.7. The van der Waals surface area contributed by atoms with Gasteiger partial charge in [-0.1, -0.05) is 42.1 Å². The van der Waals surface area contributed by atoms with Crippen molar-refractivity contribution in [3.8, 4) is 0 Å². The first-order valence-electron chi connectivity index (χ1n) is 12.2. The van der Waals surface area contributed by atoms with Crippen LogP contribution >= 0.6 is 11.8 Å². The molecule has 0 aromatic heterocycles. The molecule has 1 atom stereocenters. The van der Waals surface area contributed by atoms with E-state index in [2.05, 4.69) is 58.3 Å². The number of nitrogens with two attached hydrogens (primary N) is 1. The number of hydrogen-bond donors (Lipinski definition) is 4. The smallest absolute Gasteiger partial charge is 0.320 e. The quantitative estimate of drug-likeness (QED) is 0.355. The topological polar surface area (TPSA) is 149 Å². The molecule has 0 amide bonds. The highest BCUT2D eigenvalue weighted by Crippen LogP contribution is 2.40. The third-order valence-corrected chi connectivity index (χ3v) is 7.03. The number of rotatable bonds is 9. The molecule has 5 N–H and O–H groups in total. The summed E-state index contributed by atoms with van der Waals surface area (Å²) in [6.07, 6.45) is -0.224. The zero-order chi connectivity index (χ0) is 26.6. The van der Waals surface area contributed by atoms with Crippen LogP contribution in [0.2, 0.25) is 0 Å². The summed E-state index contributed by atoms with van der Waals surface area (Å²) in [6.45, 7) is 6.01. The Morgan fingerprint density at radius 3 is 2.35 bits per heavy atom. The van der Waals surface area contributed by atoms with Crippen LogP contribution in [0.5, 0.6) is 0 Å². The van der Waals surface area contributed by atoms with Crippen LogP contribution in [0.1, 0.15) is 18.4 Å². The number of nitrogens with zero attached hydrogens (tertiary/aromatic N) is 3. The molecule has 2 heterocycles. The second kappa shape index (κ2) is 14.7. The predicted molar refractivity (Wildman–Crippen MR) is 142 cm³/mol. The third-order valence-electron chi connectivity index (χ3n) is 5.89. The van der Waals surface area contributed by atoms with Gasteiger partial charge in [-0.05, 0) is 24.6 Å². The molecule has 0 aliphatic carbocycles. The molecule has 0 unspecified atom stereocenters. The van der Waals surface area contributed by atoms with Crippen LogP contribution < -0.4 is 5.73 Å². The molecule has 2 aromatic carbocycles. The van der Waals surface area contributed by atoms with Gasteiger partial charge in [0.1, 0.15) is 11.9 Å². The van der Waals surface area contributed by atoms with Crippen LogP contribution in [0.15, 0.2) is 63.3 Å². The van der Waals surface area contributed by atoms with E-state index < -0.39 is 18.0 Å². The van der Waals surface area contributed by atoms with Crippen LogP contribution in [0.3, 0.4) is 0 Å². The van der Waals surface area contributed by atoms with E-state index in [4.69, 9.17) is 30.8 Å². The first kappa shape index (κ1) is 28.6. The van der Waals surface area contributed by atoms with Gasteiger partial charge in [0.05, 0.1) is 25.5 Å². The van der Waals surface area contributed by atoms with Crippen molar-refractivity contribution in [2.24, 2.45) is 10.7 Å². The summed E-state index contributed by atoms with van der Waals surface area (Å²) in [5.41, 5.74) is 7.27. The summed E-state index contributed by atoms with van der Waals surface area (Å²) in [5, 5.41) is 25.1. The van der Waals surface area contributed by atoms with Crippen LogP contribution in [0, 0.1) is 0 Å². The Bertz CT molecular complexity index is 1070. The number of fused-ring (bicyclic) bond motifs is 2. The second-order valence-electron chi connectivity index (χ2n) is 8.54. The fraction of sp³-hybridized carbons (Fsp3) is 0.423. The maximum absolute atomic E-state index is 9.99. The Hall–Kier alpha value is -2.96.